The molecule has 0 bridgehead atoms. The van der Waals surface area contributed by atoms with Gasteiger partial charge in [-0.2, -0.15) is 0 Å². The average molecular weight is 354 g/mol. The van der Waals surface area contributed by atoms with Crippen LogP contribution in [0, 0.1) is 6.92 Å². The van der Waals surface area contributed by atoms with Gasteiger partial charge < -0.3 is 9.88 Å². The van der Waals surface area contributed by atoms with Crippen molar-refractivity contribution >= 4 is 23.5 Å². The maximum absolute atomic E-state index is 12.3. The largest absolute Gasteiger partial charge is 0.312 e. The molecule has 128 valence electrons. The molecular formula is C17H18N6OS. The zero-order valence-electron chi connectivity index (χ0n) is 14.2. The van der Waals surface area contributed by atoms with Gasteiger partial charge >= 0.3 is 0 Å². The fourth-order valence-electron chi connectivity index (χ4n) is 2.22. The highest BCUT2D eigenvalue weighted by atomic mass is 32.2. The topological polar surface area (TPSA) is 85.6 Å². The minimum absolute atomic E-state index is 0.138. The van der Waals surface area contributed by atoms with Gasteiger partial charge in [0.1, 0.15) is 17.8 Å². The lowest BCUT2D eigenvalue weighted by atomic mass is 10.2. The minimum atomic E-state index is -0.276. The first-order valence-electron chi connectivity index (χ1n) is 7.74. The summed E-state index contributed by atoms with van der Waals surface area (Å²) in [5, 5.41) is 11.7. The third-order valence-electron chi connectivity index (χ3n) is 3.57. The Labute approximate surface area is 149 Å². The Balaban J connectivity index is 1.73. The smallest absolute Gasteiger partial charge is 0.275 e. The van der Waals surface area contributed by atoms with Crippen molar-refractivity contribution < 1.29 is 4.79 Å². The van der Waals surface area contributed by atoms with Gasteiger partial charge in [0.25, 0.3) is 5.91 Å². The molecule has 3 aromatic heterocycles. The van der Waals surface area contributed by atoms with Crippen LogP contribution in [-0.2, 0) is 7.05 Å². The van der Waals surface area contributed by atoms with Gasteiger partial charge in [-0.3, -0.25) is 4.79 Å². The molecule has 0 fully saturated rings. The molecule has 0 aliphatic rings. The molecule has 3 heterocycles. The number of nitrogens with zero attached hydrogens (tertiary/aromatic N) is 5. The summed E-state index contributed by atoms with van der Waals surface area (Å²) in [5.41, 5.74) is 2.20. The number of carbonyl (C=O) groups is 1. The summed E-state index contributed by atoms with van der Waals surface area (Å²) in [5.74, 6) is 0.221. The maximum atomic E-state index is 12.3. The molecule has 25 heavy (non-hydrogen) atoms. The molecule has 0 saturated heterocycles. The summed E-state index contributed by atoms with van der Waals surface area (Å²) in [4.78, 5) is 20.8. The number of aryl methyl sites for hydroxylation is 2. The molecule has 0 radical (unpaired) electrons. The van der Waals surface area contributed by atoms with Crippen molar-refractivity contribution in [3.05, 3.63) is 59.8 Å². The standard InChI is InChI=1S/C17H18N6OS/c1-11-5-4-6-14(20-11)16(24)21-15-9-13(7-8-18-15)12(2)25-17-22-19-10-23(17)3/h4-10,12H,1-3H3,(H,18,21,24)/t12-/m0/s1. The summed E-state index contributed by atoms with van der Waals surface area (Å²) in [7, 11) is 1.90. The molecule has 0 aliphatic carbocycles. The molecule has 0 aromatic carbocycles. The third kappa shape index (κ3) is 4.21. The average Bonchev–Trinajstić information content (AvgIpc) is 3.00. The van der Waals surface area contributed by atoms with Crippen LogP contribution in [-0.4, -0.2) is 30.6 Å². The van der Waals surface area contributed by atoms with Crippen LogP contribution in [0.3, 0.4) is 0 Å². The Morgan fingerprint density at radius 2 is 2.16 bits per heavy atom. The van der Waals surface area contributed by atoms with E-state index in [1.807, 2.05) is 36.7 Å². The van der Waals surface area contributed by atoms with Crippen molar-refractivity contribution in [1.29, 1.82) is 0 Å². The highest BCUT2D eigenvalue weighted by Crippen LogP contribution is 2.33. The number of amides is 1. The number of thioether (sulfide) groups is 1. The predicted octanol–water partition coefficient (Wildman–Crippen LogP) is 3.02. The Hall–Kier alpha value is -2.74. The number of rotatable bonds is 5. The number of anilines is 1. The first-order valence-corrected chi connectivity index (χ1v) is 8.62. The molecule has 1 N–H and O–H groups in total. The monoisotopic (exact) mass is 354 g/mol. The van der Waals surface area contributed by atoms with Crippen molar-refractivity contribution in [2.24, 2.45) is 7.05 Å². The van der Waals surface area contributed by atoms with E-state index < -0.39 is 0 Å². The maximum Gasteiger partial charge on any atom is 0.275 e. The summed E-state index contributed by atoms with van der Waals surface area (Å²) in [6, 6.07) is 9.12. The number of hydrogen-bond donors (Lipinski definition) is 1. The van der Waals surface area contributed by atoms with Gasteiger partial charge in [-0.15, -0.1) is 10.2 Å². The summed E-state index contributed by atoms with van der Waals surface area (Å²) in [6.07, 6.45) is 3.35. The van der Waals surface area contributed by atoms with Crippen molar-refractivity contribution in [2.45, 2.75) is 24.3 Å². The Morgan fingerprint density at radius 3 is 2.88 bits per heavy atom. The van der Waals surface area contributed by atoms with Gasteiger partial charge in [0.15, 0.2) is 5.16 Å². The van der Waals surface area contributed by atoms with Gasteiger partial charge in [-0.25, -0.2) is 9.97 Å². The molecule has 3 rings (SSSR count). The van der Waals surface area contributed by atoms with Crippen molar-refractivity contribution in [3.63, 3.8) is 0 Å². The van der Waals surface area contributed by atoms with Gasteiger partial charge in [-0.1, -0.05) is 17.8 Å². The first kappa shape index (κ1) is 17.1. The van der Waals surface area contributed by atoms with E-state index in [0.717, 1.165) is 16.4 Å². The van der Waals surface area contributed by atoms with Crippen LogP contribution in [0.25, 0.3) is 0 Å². The van der Waals surface area contributed by atoms with Crippen LogP contribution >= 0.6 is 11.8 Å². The zero-order valence-corrected chi connectivity index (χ0v) is 15.0. The number of carbonyl (C=O) groups excluding carboxylic acids is 1. The molecule has 1 amide bonds. The van der Waals surface area contributed by atoms with E-state index in [9.17, 15) is 4.79 Å². The van der Waals surface area contributed by atoms with Crippen LogP contribution in [0.5, 0.6) is 0 Å². The lowest BCUT2D eigenvalue weighted by molar-refractivity contribution is 0.102. The van der Waals surface area contributed by atoms with Crippen LogP contribution in [0.15, 0.2) is 48.0 Å². The molecule has 0 saturated carbocycles. The highest BCUT2D eigenvalue weighted by molar-refractivity contribution is 7.99. The number of pyridine rings is 2. The molecule has 3 aromatic rings. The van der Waals surface area contributed by atoms with E-state index in [2.05, 4.69) is 32.4 Å². The molecule has 8 heteroatoms. The normalized spacial score (nSPS) is 12.0. The summed E-state index contributed by atoms with van der Waals surface area (Å²) < 4.78 is 1.87. The lowest BCUT2D eigenvalue weighted by Gasteiger charge is -2.12. The Kier molecular flexibility index (Phi) is 5.08. The van der Waals surface area contributed by atoms with Crippen LogP contribution in [0.1, 0.15) is 33.9 Å². The van der Waals surface area contributed by atoms with Crippen LogP contribution in [0.4, 0.5) is 5.82 Å². The van der Waals surface area contributed by atoms with Crippen LogP contribution in [0.2, 0.25) is 0 Å². The van der Waals surface area contributed by atoms with Gasteiger partial charge in [0.2, 0.25) is 0 Å². The molecule has 1 atom stereocenters. The van der Waals surface area contributed by atoms with E-state index in [0.29, 0.717) is 11.5 Å². The Bertz CT molecular complexity index is 894. The van der Waals surface area contributed by atoms with Crippen molar-refractivity contribution in [3.8, 4) is 0 Å². The molecule has 0 spiro atoms. The minimum Gasteiger partial charge on any atom is -0.312 e. The van der Waals surface area contributed by atoms with Crippen molar-refractivity contribution in [2.75, 3.05) is 5.32 Å². The highest BCUT2D eigenvalue weighted by Gasteiger charge is 2.14. The fraction of sp³-hybridized carbons (Fsp3) is 0.235. The molecule has 7 nitrogen and oxygen atoms in total. The predicted molar refractivity (Wildman–Crippen MR) is 96.4 cm³/mol. The zero-order chi connectivity index (χ0) is 17.8. The van der Waals surface area contributed by atoms with E-state index >= 15 is 0 Å². The van der Waals surface area contributed by atoms with Crippen LogP contribution < -0.4 is 5.32 Å². The van der Waals surface area contributed by atoms with Gasteiger partial charge in [0, 0.05) is 24.2 Å². The molecular weight excluding hydrogens is 336 g/mol. The lowest BCUT2D eigenvalue weighted by Crippen LogP contribution is -2.15. The second kappa shape index (κ2) is 7.43. The quantitative estimate of drug-likeness (QED) is 0.709. The number of hydrogen-bond acceptors (Lipinski definition) is 6. The summed E-state index contributed by atoms with van der Waals surface area (Å²) in [6.45, 7) is 3.92. The second-order valence-electron chi connectivity index (χ2n) is 5.58. The second-order valence-corrected chi connectivity index (χ2v) is 6.89. The fourth-order valence-corrected chi connectivity index (χ4v) is 3.13. The van der Waals surface area contributed by atoms with E-state index in [1.54, 1.807) is 36.4 Å². The van der Waals surface area contributed by atoms with Crippen molar-refractivity contribution in [1.82, 2.24) is 24.7 Å². The number of aromatic nitrogens is 5. The summed E-state index contributed by atoms with van der Waals surface area (Å²) >= 11 is 1.59. The molecule has 0 aliphatic heterocycles. The SMILES string of the molecule is Cc1cccc(C(=O)Nc2cc([C@H](C)Sc3nncn3C)ccn2)n1. The van der Waals surface area contributed by atoms with E-state index in [-0.39, 0.29) is 11.2 Å². The van der Waals surface area contributed by atoms with E-state index in [1.165, 1.54) is 0 Å². The van der Waals surface area contributed by atoms with Gasteiger partial charge in [0.05, 0.1) is 0 Å². The molecule has 0 unspecified atom stereocenters. The number of nitrogens with one attached hydrogen (secondary N) is 1. The van der Waals surface area contributed by atoms with E-state index in [4.69, 9.17) is 0 Å². The Morgan fingerprint density at radius 1 is 1.32 bits per heavy atom. The van der Waals surface area contributed by atoms with Gasteiger partial charge in [-0.05, 0) is 43.7 Å². The first-order chi connectivity index (χ1) is 12.0. The third-order valence-corrected chi connectivity index (χ3v) is 4.77.